The van der Waals surface area contributed by atoms with Gasteiger partial charge in [0.25, 0.3) is 0 Å². The number of hydrogen-bond acceptors (Lipinski definition) is 7. The largest absolute Gasteiger partial charge is 0.475 e. The van der Waals surface area contributed by atoms with E-state index in [1.54, 1.807) is 0 Å². The van der Waals surface area contributed by atoms with Crippen LogP contribution in [0.2, 0.25) is 0 Å². The van der Waals surface area contributed by atoms with Crippen molar-refractivity contribution >= 4 is 25.5 Å². The van der Waals surface area contributed by atoms with Gasteiger partial charge in [-0.3, -0.25) is 28.0 Å². The minimum Gasteiger partial charge on any atom is -0.351 e. The molecule has 0 saturated heterocycles. The van der Waals surface area contributed by atoms with Gasteiger partial charge in [0, 0.05) is 19.3 Å². The van der Waals surface area contributed by atoms with Crippen LogP contribution in [0.4, 0.5) is 0 Å². The van der Waals surface area contributed by atoms with Gasteiger partial charge >= 0.3 is 7.82 Å². The van der Waals surface area contributed by atoms with Crippen LogP contribution in [0.5, 0.6) is 0 Å². The second kappa shape index (κ2) is 32.2. The minimum absolute atomic E-state index is 0.0156. The summed E-state index contributed by atoms with van der Waals surface area (Å²) in [5.74, 6) is 0.712. The lowest BCUT2D eigenvalue weighted by atomic mass is 9.84. The molecule has 3 atom stereocenters. The zero-order chi connectivity index (χ0) is 42.4. The zero-order valence-corrected chi connectivity index (χ0v) is 39.1. The molecule has 3 N–H and O–H groups in total. The van der Waals surface area contributed by atoms with Gasteiger partial charge in [-0.1, -0.05) is 156 Å². The first kappa shape index (κ1) is 51.9. The van der Waals surface area contributed by atoms with Crippen molar-refractivity contribution in [1.82, 2.24) is 16.0 Å². The van der Waals surface area contributed by atoms with Crippen LogP contribution in [0.3, 0.4) is 0 Å². The maximum Gasteiger partial charge on any atom is 0.475 e. The van der Waals surface area contributed by atoms with E-state index in [1.807, 2.05) is 0 Å². The lowest BCUT2D eigenvalue weighted by molar-refractivity contribution is -0.123. The Hall–Kier alpha value is -1.48. The molecule has 3 aliphatic carbocycles. The summed E-state index contributed by atoms with van der Waals surface area (Å²) in [6.07, 6.45) is 33.6. The van der Waals surface area contributed by atoms with Crippen LogP contribution in [-0.2, 0) is 32.5 Å². The zero-order valence-electron chi connectivity index (χ0n) is 38.2. The SMILES string of the molecule is CCCCCCCC(=O)N[C@@H](COP(=O)(OC[C@H](NC(=O)CCCCCCC)C1CCCCC1)OC[C@H](NC(=O)CCCCCCC)C1CCCCC1)C1CCCCC1. The summed E-state index contributed by atoms with van der Waals surface area (Å²) in [6.45, 7) is 6.66. The highest BCUT2D eigenvalue weighted by atomic mass is 31.2. The van der Waals surface area contributed by atoms with Gasteiger partial charge in [-0.2, -0.15) is 0 Å². The summed E-state index contributed by atoms with van der Waals surface area (Å²) in [4.78, 5) is 39.9. The fourth-order valence-electron chi connectivity index (χ4n) is 9.63. The lowest BCUT2D eigenvalue weighted by Crippen LogP contribution is -2.45. The molecule has 3 amide bonds. The normalized spacial score (nSPS) is 18.9. The molecule has 0 aromatic rings. The van der Waals surface area contributed by atoms with E-state index in [9.17, 15) is 14.4 Å². The summed E-state index contributed by atoms with van der Waals surface area (Å²) >= 11 is 0. The number of phosphoric acid groups is 1. The quantitative estimate of drug-likeness (QED) is 0.0442. The monoisotopic (exact) mass is 852 g/mol. The molecular formula is C48H90N3O7P. The van der Waals surface area contributed by atoms with E-state index in [0.717, 1.165) is 154 Å². The Balaban J connectivity index is 1.79. The number of hydrogen-bond donors (Lipinski definition) is 3. The van der Waals surface area contributed by atoms with Crippen LogP contribution in [-0.4, -0.2) is 55.7 Å². The van der Waals surface area contributed by atoms with E-state index in [2.05, 4.69) is 36.7 Å². The van der Waals surface area contributed by atoms with Crippen molar-refractivity contribution in [3.05, 3.63) is 0 Å². The Bertz CT molecular complexity index is 1020. The molecule has 3 rings (SSSR count). The van der Waals surface area contributed by atoms with Gasteiger partial charge in [0.05, 0.1) is 37.9 Å². The number of carbonyl (C=O) groups is 3. The van der Waals surface area contributed by atoms with Gasteiger partial charge in [-0.15, -0.1) is 0 Å². The molecule has 0 radical (unpaired) electrons. The van der Waals surface area contributed by atoms with Crippen LogP contribution in [0.15, 0.2) is 0 Å². The smallest absolute Gasteiger partial charge is 0.351 e. The summed E-state index contributed by atoms with van der Waals surface area (Å²) in [7, 11) is -4.22. The van der Waals surface area contributed by atoms with E-state index >= 15 is 4.57 Å². The van der Waals surface area contributed by atoms with Crippen molar-refractivity contribution in [3.63, 3.8) is 0 Å². The van der Waals surface area contributed by atoms with E-state index in [0.29, 0.717) is 19.3 Å². The van der Waals surface area contributed by atoms with Gasteiger partial charge in [0.15, 0.2) is 0 Å². The highest BCUT2D eigenvalue weighted by Gasteiger charge is 2.37. The van der Waals surface area contributed by atoms with Gasteiger partial charge < -0.3 is 16.0 Å². The molecule has 3 saturated carbocycles. The Morgan fingerprint density at radius 1 is 0.424 bits per heavy atom. The van der Waals surface area contributed by atoms with E-state index < -0.39 is 7.82 Å². The summed E-state index contributed by atoms with van der Waals surface area (Å²) in [5.41, 5.74) is 0. The van der Waals surface area contributed by atoms with Crippen LogP contribution >= 0.6 is 7.82 Å². The second-order valence-electron chi connectivity index (χ2n) is 18.5. The molecule has 0 aromatic carbocycles. The molecule has 3 aliphatic rings. The number of unbranched alkanes of at least 4 members (excludes halogenated alkanes) is 12. The predicted molar refractivity (Wildman–Crippen MR) is 241 cm³/mol. The summed E-state index contributed by atoms with van der Waals surface area (Å²) in [5, 5.41) is 9.87. The molecule has 0 unspecified atom stereocenters. The number of nitrogens with one attached hydrogen (secondary N) is 3. The van der Waals surface area contributed by atoms with Crippen molar-refractivity contribution in [2.75, 3.05) is 19.8 Å². The average molecular weight is 852 g/mol. The van der Waals surface area contributed by atoms with Gasteiger partial charge in [-0.25, -0.2) is 4.57 Å². The third-order valence-corrected chi connectivity index (χ3v) is 14.9. The first-order valence-electron chi connectivity index (χ1n) is 25.2. The van der Waals surface area contributed by atoms with Crippen molar-refractivity contribution in [2.45, 2.75) is 251 Å². The van der Waals surface area contributed by atoms with Crippen molar-refractivity contribution in [1.29, 1.82) is 0 Å². The van der Waals surface area contributed by atoms with Crippen LogP contribution in [0.25, 0.3) is 0 Å². The molecule has 0 spiro atoms. The third kappa shape index (κ3) is 23.0. The highest BCUT2D eigenvalue weighted by Crippen LogP contribution is 2.51. The van der Waals surface area contributed by atoms with E-state index in [1.165, 1.54) is 38.5 Å². The van der Waals surface area contributed by atoms with Crippen molar-refractivity contribution in [3.8, 4) is 0 Å². The predicted octanol–water partition coefficient (Wildman–Crippen LogP) is 12.4. The molecule has 11 heteroatoms. The maximum atomic E-state index is 15.0. The third-order valence-electron chi connectivity index (χ3n) is 13.5. The molecule has 0 aliphatic heterocycles. The number of amides is 3. The number of phosphoric ester groups is 1. The van der Waals surface area contributed by atoms with Gasteiger partial charge in [0.1, 0.15) is 0 Å². The first-order valence-corrected chi connectivity index (χ1v) is 26.6. The first-order chi connectivity index (χ1) is 28.8. The molecule has 0 aromatic heterocycles. The standard InChI is InChI=1S/C48H90N3O7P/c1-4-7-10-13-25-34-46(52)49-43(40-28-19-16-20-29-40)37-56-59(55,57-38-44(41-30-21-17-22-31-41)50-47(53)35-26-14-11-8-5-2)58-39-45(42-32-23-18-24-33-42)51-48(54)36-27-15-12-9-6-3/h40-45H,4-39H2,1-3H3,(H,49,52)(H,50,53)(H,51,54)/t43-,44-,45-/m0/s1. The number of rotatable bonds is 33. The highest BCUT2D eigenvalue weighted by molar-refractivity contribution is 7.48. The van der Waals surface area contributed by atoms with Crippen LogP contribution in [0.1, 0.15) is 233 Å². The molecule has 3 fully saturated rings. The summed E-state index contributed by atoms with van der Waals surface area (Å²) in [6, 6.07) is -0.911. The Labute approximate surface area is 361 Å². The molecule has 10 nitrogen and oxygen atoms in total. The van der Waals surface area contributed by atoms with Gasteiger partial charge in [0.2, 0.25) is 17.7 Å². The molecule has 59 heavy (non-hydrogen) atoms. The van der Waals surface area contributed by atoms with E-state index in [4.69, 9.17) is 13.6 Å². The van der Waals surface area contributed by atoms with Crippen LogP contribution in [0, 0.1) is 17.8 Å². The Morgan fingerprint density at radius 3 is 0.932 bits per heavy atom. The van der Waals surface area contributed by atoms with Gasteiger partial charge in [-0.05, 0) is 75.5 Å². The molecule has 0 heterocycles. The Kier molecular flexibility index (Phi) is 28.3. The lowest BCUT2D eigenvalue weighted by Gasteiger charge is -2.34. The maximum absolute atomic E-state index is 15.0. The fourth-order valence-corrected chi connectivity index (χ4v) is 10.9. The number of carbonyl (C=O) groups excluding carboxylic acids is 3. The van der Waals surface area contributed by atoms with E-state index in [-0.39, 0.29) is 73.4 Å². The second-order valence-corrected chi connectivity index (χ2v) is 20.2. The van der Waals surface area contributed by atoms with Crippen LogP contribution < -0.4 is 16.0 Å². The molecular weight excluding hydrogens is 762 g/mol. The fraction of sp³-hybridized carbons (Fsp3) is 0.938. The average Bonchev–Trinajstić information content (AvgIpc) is 3.26. The topological polar surface area (TPSA) is 132 Å². The molecule has 0 bridgehead atoms. The van der Waals surface area contributed by atoms with Crippen molar-refractivity contribution in [2.24, 2.45) is 17.8 Å². The van der Waals surface area contributed by atoms with Crippen molar-refractivity contribution < 1.29 is 32.5 Å². The molecule has 344 valence electrons. The minimum atomic E-state index is -4.22. The summed E-state index contributed by atoms with van der Waals surface area (Å²) < 4.78 is 34.1. The Morgan fingerprint density at radius 2 is 0.678 bits per heavy atom.